The van der Waals surface area contributed by atoms with E-state index in [-0.39, 0.29) is 0 Å². The molecule has 0 aliphatic carbocycles. The van der Waals surface area contributed by atoms with E-state index in [0.29, 0.717) is 6.04 Å². The molecule has 1 aromatic heterocycles. The molecule has 0 aliphatic rings. The number of anilines is 2. The van der Waals surface area contributed by atoms with Gasteiger partial charge in [-0.3, -0.25) is 0 Å². The Hall–Kier alpha value is -1.77. The predicted molar refractivity (Wildman–Crippen MR) is 88.8 cm³/mol. The van der Waals surface area contributed by atoms with Gasteiger partial charge in [0.05, 0.1) is 11.9 Å². The second-order valence-electron chi connectivity index (χ2n) is 5.52. The zero-order valence-corrected chi connectivity index (χ0v) is 13.2. The lowest BCUT2D eigenvalue weighted by atomic mass is 10.1. The van der Waals surface area contributed by atoms with Gasteiger partial charge in [0.15, 0.2) is 0 Å². The fourth-order valence-electron chi connectivity index (χ4n) is 2.54. The molecule has 108 valence electrons. The van der Waals surface area contributed by atoms with Crippen molar-refractivity contribution in [3.05, 3.63) is 30.0 Å². The first-order chi connectivity index (χ1) is 9.56. The Morgan fingerprint density at radius 1 is 1.15 bits per heavy atom. The molecule has 0 fully saturated rings. The molecule has 2 aromatic rings. The summed E-state index contributed by atoms with van der Waals surface area (Å²) >= 11 is 0. The molecule has 0 atom stereocenters. The summed E-state index contributed by atoms with van der Waals surface area (Å²) in [6.45, 7) is 12.7. The fourth-order valence-corrected chi connectivity index (χ4v) is 2.54. The van der Waals surface area contributed by atoms with Crippen LogP contribution in [0.4, 0.5) is 11.5 Å². The minimum absolute atomic E-state index is 0.403. The summed E-state index contributed by atoms with van der Waals surface area (Å²) in [6, 6.07) is 7.00. The van der Waals surface area contributed by atoms with Crippen LogP contribution in [0.1, 0.15) is 33.3 Å². The molecule has 2 rings (SSSR count). The molecule has 0 amide bonds. The number of aromatic nitrogens is 1. The van der Waals surface area contributed by atoms with Gasteiger partial charge >= 0.3 is 0 Å². The minimum atomic E-state index is 0.403. The van der Waals surface area contributed by atoms with Gasteiger partial charge in [0.25, 0.3) is 0 Å². The molecule has 0 radical (unpaired) electrons. The highest BCUT2D eigenvalue weighted by atomic mass is 15.2. The molecule has 3 heteroatoms. The van der Waals surface area contributed by atoms with Crippen molar-refractivity contribution in [1.29, 1.82) is 0 Å². The number of fused-ring (bicyclic) bond motifs is 1. The van der Waals surface area contributed by atoms with Crippen LogP contribution in [0.25, 0.3) is 10.8 Å². The van der Waals surface area contributed by atoms with Crippen molar-refractivity contribution in [2.24, 2.45) is 0 Å². The first-order valence-corrected chi connectivity index (χ1v) is 7.47. The number of nitrogens with one attached hydrogen (secondary N) is 1. The van der Waals surface area contributed by atoms with Crippen molar-refractivity contribution in [2.45, 2.75) is 40.7 Å². The van der Waals surface area contributed by atoms with E-state index < -0.39 is 0 Å². The topological polar surface area (TPSA) is 28.2 Å². The maximum absolute atomic E-state index is 4.69. The van der Waals surface area contributed by atoms with Gasteiger partial charge in [-0.1, -0.05) is 17.7 Å². The SMILES string of the molecule is CCN(CC)c1ncc(NC(C)C)c2cc(C)ccc12. The highest BCUT2D eigenvalue weighted by molar-refractivity contribution is 6.00. The monoisotopic (exact) mass is 271 g/mol. The van der Waals surface area contributed by atoms with Gasteiger partial charge in [0.1, 0.15) is 5.82 Å². The van der Waals surface area contributed by atoms with Crippen LogP contribution in [0.2, 0.25) is 0 Å². The molecule has 0 saturated heterocycles. The van der Waals surface area contributed by atoms with Crippen molar-refractivity contribution >= 4 is 22.3 Å². The molecule has 0 unspecified atom stereocenters. The lowest BCUT2D eigenvalue weighted by molar-refractivity contribution is 0.850. The van der Waals surface area contributed by atoms with Gasteiger partial charge < -0.3 is 10.2 Å². The second-order valence-corrected chi connectivity index (χ2v) is 5.52. The van der Waals surface area contributed by atoms with E-state index in [1.807, 2.05) is 6.20 Å². The molecule has 1 heterocycles. The number of nitrogens with zero attached hydrogens (tertiary/aromatic N) is 2. The molecular formula is C17H25N3. The molecule has 1 aromatic carbocycles. The number of rotatable bonds is 5. The molecular weight excluding hydrogens is 246 g/mol. The Labute approximate surface area is 122 Å². The lowest BCUT2D eigenvalue weighted by Crippen LogP contribution is -2.23. The predicted octanol–water partition coefficient (Wildman–Crippen LogP) is 4.21. The van der Waals surface area contributed by atoms with E-state index >= 15 is 0 Å². The third-order valence-corrected chi connectivity index (χ3v) is 3.53. The average molecular weight is 271 g/mol. The van der Waals surface area contributed by atoms with Crippen molar-refractivity contribution in [3.8, 4) is 0 Å². The smallest absolute Gasteiger partial charge is 0.136 e. The zero-order valence-electron chi connectivity index (χ0n) is 13.2. The van der Waals surface area contributed by atoms with Crippen molar-refractivity contribution in [2.75, 3.05) is 23.3 Å². The normalized spacial score (nSPS) is 11.1. The van der Waals surface area contributed by atoms with E-state index in [1.54, 1.807) is 0 Å². The molecule has 0 bridgehead atoms. The Morgan fingerprint density at radius 3 is 2.45 bits per heavy atom. The maximum Gasteiger partial charge on any atom is 0.136 e. The molecule has 0 aliphatic heterocycles. The van der Waals surface area contributed by atoms with E-state index in [9.17, 15) is 0 Å². The van der Waals surface area contributed by atoms with Crippen LogP contribution < -0.4 is 10.2 Å². The Morgan fingerprint density at radius 2 is 1.85 bits per heavy atom. The summed E-state index contributed by atoms with van der Waals surface area (Å²) in [5.41, 5.74) is 2.40. The molecule has 0 spiro atoms. The van der Waals surface area contributed by atoms with E-state index in [4.69, 9.17) is 4.98 Å². The van der Waals surface area contributed by atoms with E-state index in [0.717, 1.165) is 24.6 Å². The third-order valence-electron chi connectivity index (χ3n) is 3.53. The van der Waals surface area contributed by atoms with Crippen molar-refractivity contribution < 1.29 is 0 Å². The first-order valence-electron chi connectivity index (χ1n) is 7.47. The van der Waals surface area contributed by atoms with Gasteiger partial charge in [-0.15, -0.1) is 0 Å². The third kappa shape index (κ3) is 2.87. The summed E-state index contributed by atoms with van der Waals surface area (Å²) in [5, 5.41) is 5.98. The van der Waals surface area contributed by atoms with Crippen LogP contribution in [0.5, 0.6) is 0 Å². The number of hydrogen-bond acceptors (Lipinski definition) is 3. The minimum Gasteiger partial charge on any atom is -0.381 e. The maximum atomic E-state index is 4.69. The summed E-state index contributed by atoms with van der Waals surface area (Å²) in [7, 11) is 0. The summed E-state index contributed by atoms with van der Waals surface area (Å²) in [4.78, 5) is 7.00. The molecule has 0 saturated carbocycles. The van der Waals surface area contributed by atoms with E-state index in [1.165, 1.54) is 16.3 Å². The van der Waals surface area contributed by atoms with Crippen LogP contribution in [-0.4, -0.2) is 24.1 Å². The number of hydrogen-bond donors (Lipinski definition) is 1. The Kier molecular flexibility index (Phi) is 4.48. The molecule has 1 N–H and O–H groups in total. The van der Waals surface area contributed by atoms with Gasteiger partial charge in [-0.05, 0) is 40.7 Å². The van der Waals surface area contributed by atoms with Crippen LogP contribution >= 0.6 is 0 Å². The lowest BCUT2D eigenvalue weighted by Gasteiger charge is -2.23. The highest BCUT2D eigenvalue weighted by Crippen LogP contribution is 2.31. The standard InChI is InChI=1S/C17H25N3/c1-6-20(7-2)17-14-9-8-13(5)10-15(14)16(11-18-17)19-12(3)4/h8-12,19H,6-7H2,1-5H3. The van der Waals surface area contributed by atoms with Crippen molar-refractivity contribution in [1.82, 2.24) is 4.98 Å². The average Bonchev–Trinajstić information content (AvgIpc) is 2.41. The highest BCUT2D eigenvalue weighted by Gasteiger charge is 2.12. The van der Waals surface area contributed by atoms with Crippen LogP contribution in [0, 0.1) is 6.92 Å². The van der Waals surface area contributed by atoms with Gasteiger partial charge in [-0.2, -0.15) is 0 Å². The van der Waals surface area contributed by atoms with Gasteiger partial charge in [0, 0.05) is 29.9 Å². The van der Waals surface area contributed by atoms with Gasteiger partial charge in [0.2, 0.25) is 0 Å². The number of pyridine rings is 1. The van der Waals surface area contributed by atoms with Gasteiger partial charge in [-0.25, -0.2) is 4.98 Å². The molecule has 20 heavy (non-hydrogen) atoms. The first kappa shape index (κ1) is 14.6. The van der Waals surface area contributed by atoms with Crippen LogP contribution in [0.3, 0.4) is 0 Å². The summed E-state index contributed by atoms with van der Waals surface area (Å²) in [6.07, 6.45) is 1.97. The number of aryl methyl sites for hydroxylation is 1. The quantitative estimate of drug-likeness (QED) is 0.883. The zero-order chi connectivity index (χ0) is 14.7. The van der Waals surface area contributed by atoms with Crippen molar-refractivity contribution in [3.63, 3.8) is 0 Å². The summed E-state index contributed by atoms with van der Waals surface area (Å²) in [5.74, 6) is 1.08. The second kappa shape index (κ2) is 6.12. The number of benzene rings is 1. The summed E-state index contributed by atoms with van der Waals surface area (Å²) < 4.78 is 0. The fraction of sp³-hybridized carbons (Fsp3) is 0.471. The van der Waals surface area contributed by atoms with E-state index in [2.05, 4.69) is 63.0 Å². The largest absolute Gasteiger partial charge is 0.381 e. The van der Waals surface area contributed by atoms with Crippen LogP contribution in [0.15, 0.2) is 24.4 Å². The molecule has 3 nitrogen and oxygen atoms in total. The van der Waals surface area contributed by atoms with Crippen LogP contribution in [-0.2, 0) is 0 Å². The Balaban J connectivity index is 2.63. The Bertz CT molecular complexity index is 586.